The van der Waals surface area contributed by atoms with Crippen molar-refractivity contribution in [1.29, 1.82) is 0 Å². The second-order valence-electron chi connectivity index (χ2n) is 8.01. The van der Waals surface area contributed by atoms with Gasteiger partial charge >= 0.3 is 5.97 Å². The van der Waals surface area contributed by atoms with Crippen LogP contribution in [0.15, 0.2) is 53.3 Å². The van der Waals surface area contributed by atoms with Gasteiger partial charge < -0.3 is 10.5 Å². The van der Waals surface area contributed by atoms with Gasteiger partial charge in [0.1, 0.15) is 12.4 Å². The van der Waals surface area contributed by atoms with Crippen molar-refractivity contribution in [1.82, 2.24) is 14.9 Å². The van der Waals surface area contributed by atoms with Crippen molar-refractivity contribution >= 4 is 28.7 Å². The largest absolute Gasteiger partial charge is 0.459 e. The molecule has 3 aromatic rings. The third-order valence-corrected chi connectivity index (χ3v) is 5.84. The SMILES string of the molecule is Cc1nc2cc(CN)ccc2c(=O)n1C1(C(=O)OCc2ccccc2)CCCC(=O)NC1=O. The minimum absolute atomic E-state index is 0.0497. The minimum atomic E-state index is -2.06. The van der Waals surface area contributed by atoms with Crippen molar-refractivity contribution in [3.05, 3.63) is 75.8 Å². The summed E-state index contributed by atoms with van der Waals surface area (Å²) in [5, 5.41) is 2.48. The number of nitrogens with two attached hydrogens (primary N) is 1. The van der Waals surface area contributed by atoms with Crippen LogP contribution in [0.3, 0.4) is 0 Å². The highest BCUT2D eigenvalue weighted by Gasteiger charge is 2.52. The summed E-state index contributed by atoms with van der Waals surface area (Å²) in [6, 6.07) is 14.0. The van der Waals surface area contributed by atoms with Gasteiger partial charge in [-0.2, -0.15) is 0 Å². The molecule has 1 aliphatic rings. The molecule has 2 amide bonds. The number of ether oxygens (including phenoxy) is 1. The molecule has 33 heavy (non-hydrogen) atoms. The Kier molecular flexibility index (Phi) is 6.06. The maximum atomic E-state index is 13.6. The summed E-state index contributed by atoms with van der Waals surface area (Å²) in [7, 11) is 0. The van der Waals surface area contributed by atoms with Crippen LogP contribution in [0.25, 0.3) is 10.9 Å². The lowest BCUT2D eigenvalue weighted by Gasteiger charge is -2.31. The third kappa shape index (κ3) is 4.03. The Morgan fingerprint density at radius 2 is 1.91 bits per heavy atom. The van der Waals surface area contributed by atoms with E-state index < -0.39 is 28.9 Å². The Labute approximate surface area is 189 Å². The smallest absolute Gasteiger partial charge is 0.342 e. The second kappa shape index (κ2) is 8.95. The first-order chi connectivity index (χ1) is 15.9. The predicted molar refractivity (Wildman–Crippen MR) is 120 cm³/mol. The number of nitrogens with zero attached hydrogens (tertiary/aromatic N) is 2. The van der Waals surface area contributed by atoms with E-state index >= 15 is 0 Å². The molecule has 1 atom stereocenters. The van der Waals surface area contributed by atoms with Gasteiger partial charge in [-0.25, -0.2) is 9.78 Å². The zero-order valence-electron chi connectivity index (χ0n) is 18.2. The number of aromatic nitrogens is 2. The highest BCUT2D eigenvalue weighted by atomic mass is 16.5. The molecule has 2 heterocycles. The number of hydrogen-bond donors (Lipinski definition) is 2. The Morgan fingerprint density at radius 3 is 2.64 bits per heavy atom. The van der Waals surface area contributed by atoms with E-state index in [0.29, 0.717) is 5.52 Å². The maximum Gasteiger partial charge on any atom is 0.342 e. The first-order valence-electron chi connectivity index (χ1n) is 10.6. The number of nitrogens with one attached hydrogen (secondary N) is 1. The van der Waals surface area contributed by atoms with Crippen LogP contribution in [0.1, 0.15) is 36.2 Å². The molecule has 0 saturated carbocycles. The maximum absolute atomic E-state index is 13.6. The molecular weight excluding hydrogens is 424 g/mol. The lowest BCUT2D eigenvalue weighted by atomic mass is 9.91. The van der Waals surface area contributed by atoms with Crippen LogP contribution < -0.4 is 16.6 Å². The van der Waals surface area contributed by atoms with Gasteiger partial charge in [-0.05, 0) is 43.0 Å². The van der Waals surface area contributed by atoms with Gasteiger partial charge in [-0.1, -0.05) is 36.4 Å². The topological polar surface area (TPSA) is 133 Å². The van der Waals surface area contributed by atoms with Gasteiger partial charge in [0.25, 0.3) is 11.5 Å². The zero-order valence-corrected chi connectivity index (χ0v) is 18.2. The molecule has 0 aliphatic carbocycles. The number of carbonyl (C=O) groups excluding carboxylic acids is 3. The molecule has 1 fully saturated rings. The predicted octanol–water partition coefficient (Wildman–Crippen LogP) is 1.43. The highest BCUT2D eigenvalue weighted by molar-refractivity contribution is 6.11. The third-order valence-electron chi connectivity index (χ3n) is 5.84. The standard InChI is InChI=1S/C24H24N4O5/c1-15-26-19-12-17(13-25)9-10-18(19)21(30)28(15)24(11-5-8-20(29)27-22(24)31)23(32)33-14-16-6-3-2-4-7-16/h2-4,6-7,9-10,12H,5,8,11,13-14,25H2,1H3,(H,27,29,31). The molecule has 0 spiro atoms. The van der Waals surface area contributed by atoms with Gasteiger partial charge in [0.2, 0.25) is 11.4 Å². The van der Waals surface area contributed by atoms with E-state index in [2.05, 4.69) is 10.3 Å². The van der Waals surface area contributed by atoms with Crippen molar-refractivity contribution in [2.24, 2.45) is 5.73 Å². The Hall–Kier alpha value is -3.85. The van der Waals surface area contributed by atoms with Gasteiger partial charge in [-0.3, -0.25) is 24.3 Å². The van der Waals surface area contributed by atoms with Crippen molar-refractivity contribution in [3.8, 4) is 0 Å². The molecule has 1 aromatic heterocycles. The summed E-state index contributed by atoms with van der Waals surface area (Å²) < 4.78 is 6.60. The summed E-state index contributed by atoms with van der Waals surface area (Å²) in [6.07, 6.45) is 0.190. The fourth-order valence-corrected chi connectivity index (χ4v) is 4.17. The van der Waals surface area contributed by atoms with E-state index in [0.717, 1.165) is 15.7 Å². The van der Waals surface area contributed by atoms with Gasteiger partial charge in [0.15, 0.2) is 0 Å². The van der Waals surface area contributed by atoms with Crippen LogP contribution in [-0.4, -0.2) is 27.3 Å². The van der Waals surface area contributed by atoms with E-state index in [1.807, 2.05) is 6.07 Å². The number of hydrogen-bond acceptors (Lipinski definition) is 7. The first kappa shape index (κ1) is 22.3. The van der Waals surface area contributed by atoms with Crippen LogP contribution in [0, 0.1) is 6.92 Å². The molecule has 1 aliphatic heterocycles. The molecule has 1 unspecified atom stereocenters. The number of esters is 1. The molecule has 1 saturated heterocycles. The molecule has 9 nitrogen and oxygen atoms in total. The van der Waals surface area contributed by atoms with E-state index in [9.17, 15) is 19.2 Å². The molecule has 2 aromatic carbocycles. The van der Waals surface area contributed by atoms with E-state index in [4.69, 9.17) is 10.5 Å². The molecule has 0 bridgehead atoms. The average molecular weight is 448 g/mol. The highest BCUT2D eigenvalue weighted by Crippen LogP contribution is 2.30. The molecular formula is C24H24N4O5. The number of imide groups is 1. The minimum Gasteiger partial charge on any atom is -0.459 e. The lowest BCUT2D eigenvalue weighted by molar-refractivity contribution is -0.161. The number of rotatable bonds is 5. The van der Waals surface area contributed by atoms with E-state index in [-0.39, 0.29) is 43.6 Å². The fraction of sp³-hybridized carbons (Fsp3) is 0.292. The quantitative estimate of drug-likeness (QED) is 0.343. The first-order valence-corrected chi connectivity index (χ1v) is 10.6. The van der Waals surface area contributed by atoms with Gasteiger partial charge in [0, 0.05) is 13.0 Å². The lowest BCUT2D eigenvalue weighted by Crippen LogP contribution is -2.58. The summed E-state index contributed by atoms with van der Waals surface area (Å²) in [6.45, 7) is 1.74. The Morgan fingerprint density at radius 1 is 1.15 bits per heavy atom. The van der Waals surface area contributed by atoms with Crippen LogP contribution >= 0.6 is 0 Å². The van der Waals surface area contributed by atoms with Crippen LogP contribution in [0.5, 0.6) is 0 Å². The Bertz CT molecular complexity index is 1300. The van der Waals surface area contributed by atoms with Crippen molar-refractivity contribution < 1.29 is 19.1 Å². The molecule has 9 heteroatoms. The number of fused-ring (bicyclic) bond motifs is 1. The summed E-state index contributed by atoms with van der Waals surface area (Å²) in [5.41, 5.74) is 5.00. The summed E-state index contributed by atoms with van der Waals surface area (Å²) >= 11 is 0. The van der Waals surface area contributed by atoms with Crippen molar-refractivity contribution in [2.75, 3.05) is 0 Å². The van der Waals surface area contributed by atoms with Crippen LogP contribution in [-0.2, 0) is 37.8 Å². The molecule has 3 N–H and O–H groups in total. The number of benzene rings is 2. The normalized spacial score (nSPS) is 18.6. The Balaban J connectivity index is 1.87. The zero-order chi connectivity index (χ0) is 23.6. The van der Waals surface area contributed by atoms with Crippen molar-refractivity contribution in [2.45, 2.75) is 44.9 Å². The number of aryl methyl sites for hydroxylation is 1. The summed E-state index contributed by atoms with van der Waals surface area (Å²) in [5.74, 6) is -2.16. The summed E-state index contributed by atoms with van der Waals surface area (Å²) in [4.78, 5) is 57.0. The number of amides is 2. The van der Waals surface area contributed by atoms with Gasteiger partial charge in [-0.15, -0.1) is 0 Å². The van der Waals surface area contributed by atoms with Crippen LogP contribution in [0.2, 0.25) is 0 Å². The van der Waals surface area contributed by atoms with E-state index in [1.54, 1.807) is 49.4 Å². The molecule has 170 valence electrons. The fourth-order valence-electron chi connectivity index (χ4n) is 4.17. The van der Waals surface area contributed by atoms with Gasteiger partial charge in [0.05, 0.1) is 10.9 Å². The monoisotopic (exact) mass is 448 g/mol. The molecule has 0 radical (unpaired) electrons. The van der Waals surface area contributed by atoms with Crippen molar-refractivity contribution in [3.63, 3.8) is 0 Å². The van der Waals surface area contributed by atoms with Crippen LogP contribution in [0.4, 0.5) is 0 Å². The van der Waals surface area contributed by atoms with E-state index in [1.165, 1.54) is 0 Å². The molecule has 4 rings (SSSR count). The second-order valence-corrected chi connectivity index (χ2v) is 8.01. The number of carbonyl (C=O) groups is 3. The average Bonchev–Trinajstić information content (AvgIpc) is 2.95.